The van der Waals surface area contributed by atoms with E-state index in [1.54, 1.807) is 0 Å². The Kier molecular flexibility index (Phi) is 3.87. The molecular formula is C12H19N3O3. The summed E-state index contributed by atoms with van der Waals surface area (Å²) in [6.07, 6.45) is 4.48. The van der Waals surface area contributed by atoms with Crippen LogP contribution in [0.4, 0.5) is 0 Å². The molecule has 0 amide bonds. The highest BCUT2D eigenvalue weighted by molar-refractivity contribution is 4.95. The van der Waals surface area contributed by atoms with E-state index in [2.05, 4.69) is 15.5 Å². The van der Waals surface area contributed by atoms with E-state index < -0.39 is 0 Å². The second-order valence-corrected chi connectivity index (χ2v) is 4.82. The Balaban J connectivity index is 1.58. The van der Waals surface area contributed by atoms with Gasteiger partial charge in [0.15, 0.2) is 5.82 Å². The smallest absolute Gasteiger partial charge is 0.246 e. The summed E-state index contributed by atoms with van der Waals surface area (Å²) in [5, 5.41) is 7.32. The van der Waals surface area contributed by atoms with Crippen LogP contribution >= 0.6 is 0 Å². The zero-order valence-corrected chi connectivity index (χ0v) is 10.4. The summed E-state index contributed by atoms with van der Waals surface area (Å²) in [6, 6.07) is 0.0345. The van der Waals surface area contributed by atoms with Gasteiger partial charge in [-0.25, -0.2) is 0 Å². The molecule has 2 aliphatic rings. The van der Waals surface area contributed by atoms with Gasteiger partial charge in [0.25, 0.3) is 0 Å². The van der Waals surface area contributed by atoms with Crippen molar-refractivity contribution in [2.24, 2.45) is 0 Å². The molecule has 1 aromatic rings. The zero-order chi connectivity index (χ0) is 12.2. The molecular weight excluding hydrogens is 234 g/mol. The third kappa shape index (κ3) is 2.88. The van der Waals surface area contributed by atoms with E-state index in [9.17, 15) is 0 Å². The molecule has 0 aliphatic carbocycles. The zero-order valence-electron chi connectivity index (χ0n) is 10.4. The third-order valence-corrected chi connectivity index (χ3v) is 3.39. The molecule has 2 atom stereocenters. The van der Waals surface area contributed by atoms with Gasteiger partial charge in [0.1, 0.15) is 6.04 Å². The molecule has 2 aliphatic heterocycles. The highest BCUT2D eigenvalue weighted by atomic mass is 16.5. The molecule has 2 saturated heterocycles. The van der Waals surface area contributed by atoms with E-state index in [0.717, 1.165) is 44.8 Å². The molecule has 6 nitrogen and oxygen atoms in total. The standard InChI is InChI=1S/C12H19N3O3/c1-2-5-17-9(3-1)7-11-14-12(18-15-11)10-8-16-6-4-13-10/h9-10,13H,1-8H2. The Bertz CT molecular complexity index is 370. The molecule has 3 heterocycles. The number of nitrogens with zero attached hydrogens (tertiary/aromatic N) is 2. The number of aromatic nitrogens is 2. The van der Waals surface area contributed by atoms with Crippen molar-refractivity contribution in [3.05, 3.63) is 11.7 Å². The van der Waals surface area contributed by atoms with Crippen LogP contribution in [0.15, 0.2) is 4.52 Å². The average molecular weight is 253 g/mol. The molecule has 1 N–H and O–H groups in total. The molecule has 2 unspecified atom stereocenters. The molecule has 0 radical (unpaired) electrons. The number of morpholine rings is 1. The number of nitrogens with one attached hydrogen (secondary N) is 1. The first-order valence-electron chi connectivity index (χ1n) is 6.67. The lowest BCUT2D eigenvalue weighted by Crippen LogP contribution is -2.34. The van der Waals surface area contributed by atoms with Gasteiger partial charge in [-0.05, 0) is 19.3 Å². The summed E-state index contributed by atoms with van der Waals surface area (Å²) in [5.41, 5.74) is 0. The summed E-state index contributed by atoms with van der Waals surface area (Å²) in [7, 11) is 0. The van der Waals surface area contributed by atoms with Gasteiger partial charge in [0, 0.05) is 19.6 Å². The largest absolute Gasteiger partial charge is 0.378 e. The molecule has 1 aromatic heterocycles. The molecule has 6 heteroatoms. The van der Waals surface area contributed by atoms with Crippen molar-refractivity contribution in [1.82, 2.24) is 15.5 Å². The monoisotopic (exact) mass is 253 g/mol. The van der Waals surface area contributed by atoms with Crippen molar-refractivity contribution in [2.45, 2.75) is 37.8 Å². The van der Waals surface area contributed by atoms with Gasteiger partial charge in [-0.1, -0.05) is 5.16 Å². The quantitative estimate of drug-likeness (QED) is 0.861. The van der Waals surface area contributed by atoms with Crippen LogP contribution in [0, 0.1) is 0 Å². The van der Waals surface area contributed by atoms with Crippen molar-refractivity contribution >= 4 is 0 Å². The normalized spacial score (nSPS) is 29.3. The molecule has 2 fully saturated rings. The summed E-state index contributed by atoms with van der Waals surface area (Å²) < 4.78 is 16.3. The maximum atomic E-state index is 5.67. The molecule has 0 bridgehead atoms. The lowest BCUT2D eigenvalue weighted by molar-refractivity contribution is 0.0153. The Labute approximate surface area is 106 Å². The first-order valence-corrected chi connectivity index (χ1v) is 6.67. The van der Waals surface area contributed by atoms with Crippen LogP contribution in [-0.4, -0.2) is 42.6 Å². The molecule has 3 rings (SSSR count). The number of hydrogen-bond donors (Lipinski definition) is 1. The van der Waals surface area contributed by atoms with E-state index in [0.29, 0.717) is 12.5 Å². The fraction of sp³-hybridized carbons (Fsp3) is 0.833. The Morgan fingerprint density at radius 3 is 3.06 bits per heavy atom. The Morgan fingerprint density at radius 2 is 2.28 bits per heavy atom. The van der Waals surface area contributed by atoms with E-state index in [1.807, 2.05) is 0 Å². The highest BCUT2D eigenvalue weighted by Crippen LogP contribution is 2.18. The summed E-state index contributed by atoms with van der Waals surface area (Å²) in [6.45, 7) is 3.02. The van der Waals surface area contributed by atoms with Gasteiger partial charge in [-0.15, -0.1) is 0 Å². The van der Waals surface area contributed by atoms with Crippen molar-refractivity contribution in [3.63, 3.8) is 0 Å². The number of ether oxygens (including phenoxy) is 2. The maximum absolute atomic E-state index is 5.67. The van der Waals surface area contributed by atoms with Gasteiger partial charge in [-0.2, -0.15) is 4.98 Å². The van der Waals surface area contributed by atoms with Crippen molar-refractivity contribution < 1.29 is 14.0 Å². The Hall–Kier alpha value is -0.980. The van der Waals surface area contributed by atoms with Gasteiger partial charge in [0.05, 0.1) is 19.3 Å². The summed E-state index contributed by atoms with van der Waals surface area (Å²) in [5.74, 6) is 1.37. The topological polar surface area (TPSA) is 69.4 Å². The SMILES string of the molecule is C1CCC(Cc2noc(C3COCCN3)n2)OC1. The predicted molar refractivity (Wildman–Crippen MR) is 63.2 cm³/mol. The summed E-state index contributed by atoms with van der Waals surface area (Å²) in [4.78, 5) is 4.43. The van der Waals surface area contributed by atoms with Gasteiger partial charge in [0.2, 0.25) is 5.89 Å². The van der Waals surface area contributed by atoms with Crippen molar-refractivity contribution in [2.75, 3.05) is 26.4 Å². The summed E-state index contributed by atoms with van der Waals surface area (Å²) >= 11 is 0. The predicted octanol–water partition coefficient (Wildman–Crippen LogP) is 0.842. The molecule has 18 heavy (non-hydrogen) atoms. The minimum absolute atomic E-state index is 0.0345. The fourth-order valence-electron chi connectivity index (χ4n) is 2.39. The van der Waals surface area contributed by atoms with Crippen molar-refractivity contribution in [3.8, 4) is 0 Å². The average Bonchev–Trinajstić information content (AvgIpc) is 2.89. The van der Waals surface area contributed by atoms with Gasteiger partial charge >= 0.3 is 0 Å². The van der Waals surface area contributed by atoms with Crippen LogP contribution in [0.1, 0.15) is 37.0 Å². The Morgan fingerprint density at radius 1 is 1.28 bits per heavy atom. The molecule has 0 aromatic carbocycles. The maximum Gasteiger partial charge on any atom is 0.246 e. The van der Waals surface area contributed by atoms with Crippen LogP contribution < -0.4 is 5.32 Å². The molecule has 100 valence electrons. The molecule has 0 spiro atoms. The first kappa shape index (κ1) is 12.1. The number of rotatable bonds is 3. The minimum atomic E-state index is 0.0345. The lowest BCUT2D eigenvalue weighted by atomic mass is 10.1. The van der Waals surface area contributed by atoms with Crippen LogP contribution in [0.2, 0.25) is 0 Å². The second-order valence-electron chi connectivity index (χ2n) is 4.82. The minimum Gasteiger partial charge on any atom is -0.378 e. The van der Waals surface area contributed by atoms with E-state index in [4.69, 9.17) is 14.0 Å². The van der Waals surface area contributed by atoms with E-state index >= 15 is 0 Å². The van der Waals surface area contributed by atoms with Gasteiger partial charge < -0.3 is 19.3 Å². The third-order valence-electron chi connectivity index (χ3n) is 3.39. The first-order chi connectivity index (χ1) is 8.92. The van der Waals surface area contributed by atoms with Crippen LogP contribution in [0.25, 0.3) is 0 Å². The van der Waals surface area contributed by atoms with Crippen LogP contribution in [0.5, 0.6) is 0 Å². The van der Waals surface area contributed by atoms with Crippen LogP contribution in [-0.2, 0) is 15.9 Å². The van der Waals surface area contributed by atoms with E-state index in [1.165, 1.54) is 6.42 Å². The highest BCUT2D eigenvalue weighted by Gasteiger charge is 2.23. The van der Waals surface area contributed by atoms with Crippen LogP contribution in [0.3, 0.4) is 0 Å². The van der Waals surface area contributed by atoms with E-state index in [-0.39, 0.29) is 12.1 Å². The van der Waals surface area contributed by atoms with Gasteiger partial charge in [-0.3, -0.25) is 0 Å². The van der Waals surface area contributed by atoms with Crippen molar-refractivity contribution in [1.29, 1.82) is 0 Å². The fourth-order valence-corrected chi connectivity index (χ4v) is 2.39. The lowest BCUT2D eigenvalue weighted by Gasteiger charge is -2.21. The number of hydrogen-bond acceptors (Lipinski definition) is 6. The molecule has 0 saturated carbocycles. The second kappa shape index (κ2) is 5.77.